The standard InChI is InChI=1S/C21H17N3O3S/c22-14-16-5-4-6-17(13-16)15-23-21(25)18-9-11-19(12-10-18)24-28(26,27)20-7-2-1-3-8-20/h1-13,24H,15H2,(H,23,25). The molecule has 7 heteroatoms. The molecule has 0 heterocycles. The van der Waals surface area contributed by atoms with Crippen LogP contribution in [0.4, 0.5) is 5.69 Å². The molecule has 3 aromatic rings. The number of nitrogens with zero attached hydrogens (tertiary/aromatic N) is 1. The van der Waals surface area contributed by atoms with E-state index in [0.717, 1.165) is 5.56 Å². The van der Waals surface area contributed by atoms with E-state index in [1.54, 1.807) is 48.5 Å². The van der Waals surface area contributed by atoms with Gasteiger partial charge >= 0.3 is 0 Å². The summed E-state index contributed by atoms with van der Waals surface area (Å²) >= 11 is 0. The first kappa shape index (κ1) is 19.1. The van der Waals surface area contributed by atoms with Crippen molar-refractivity contribution >= 4 is 21.6 Å². The SMILES string of the molecule is N#Cc1cccc(CNC(=O)c2ccc(NS(=O)(=O)c3ccccc3)cc2)c1. The summed E-state index contributed by atoms with van der Waals surface area (Å²) < 4.78 is 27.1. The molecule has 0 atom stereocenters. The molecule has 0 aliphatic heterocycles. The number of sulfonamides is 1. The minimum atomic E-state index is -3.68. The molecular formula is C21H17N3O3S. The highest BCUT2D eigenvalue weighted by atomic mass is 32.2. The number of hydrogen-bond acceptors (Lipinski definition) is 4. The predicted octanol–water partition coefficient (Wildman–Crippen LogP) is 3.29. The third kappa shape index (κ3) is 4.75. The zero-order valence-electron chi connectivity index (χ0n) is 14.8. The number of amides is 1. The molecule has 0 bridgehead atoms. The Balaban J connectivity index is 1.63. The van der Waals surface area contributed by atoms with Gasteiger partial charge in [-0.2, -0.15) is 5.26 Å². The molecule has 0 aliphatic carbocycles. The second-order valence-electron chi connectivity index (χ2n) is 5.99. The fourth-order valence-corrected chi connectivity index (χ4v) is 3.62. The van der Waals surface area contributed by atoms with E-state index in [9.17, 15) is 13.2 Å². The van der Waals surface area contributed by atoms with Crippen molar-refractivity contribution in [2.75, 3.05) is 4.72 Å². The topological polar surface area (TPSA) is 99.1 Å². The molecule has 0 spiro atoms. The highest BCUT2D eigenvalue weighted by molar-refractivity contribution is 7.92. The van der Waals surface area contributed by atoms with E-state index in [1.165, 1.54) is 24.3 Å². The van der Waals surface area contributed by atoms with Crippen LogP contribution in [0.25, 0.3) is 0 Å². The van der Waals surface area contributed by atoms with Crippen LogP contribution >= 0.6 is 0 Å². The smallest absolute Gasteiger partial charge is 0.261 e. The molecule has 3 rings (SSSR count). The van der Waals surface area contributed by atoms with Crippen LogP contribution < -0.4 is 10.0 Å². The van der Waals surface area contributed by atoms with Gasteiger partial charge in [-0.25, -0.2) is 8.42 Å². The van der Waals surface area contributed by atoms with Crippen molar-refractivity contribution in [2.45, 2.75) is 11.4 Å². The highest BCUT2D eigenvalue weighted by Crippen LogP contribution is 2.16. The first-order valence-corrected chi connectivity index (χ1v) is 9.91. The van der Waals surface area contributed by atoms with E-state index >= 15 is 0 Å². The van der Waals surface area contributed by atoms with Crippen LogP contribution in [-0.4, -0.2) is 14.3 Å². The van der Waals surface area contributed by atoms with Gasteiger partial charge in [-0.1, -0.05) is 30.3 Å². The lowest BCUT2D eigenvalue weighted by Gasteiger charge is -2.09. The fourth-order valence-electron chi connectivity index (χ4n) is 2.54. The Hall–Kier alpha value is -3.63. The molecule has 0 saturated carbocycles. The number of carbonyl (C=O) groups is 1. The zero-order valence-corrected chi connectivity index (χ0v) is 15.6. The van der Waals surface area contributed by atoms with Crippen molar-refractivity contribution in [1.82, 2.24) is 5.32 Å². The zero-order chi connectivity index (χ0) is 20.0. The van der Waals surface area contributed by atoms with Crippen LogP contribution in [-0.2, 0) is 16.6 Å². The van der Waals surface area contributed by atoms with E-state index < -0.39 is 10.0 Å². The summed E-state index contributed by atoms with van der Waals surface area (Å²) in [5, 5.41) is 11.7. The Kier molecular flexibility index (Phi) is 5.72. The lowest BCUT2D eigenvalue weighted by molar-refractivity contribution is 0.0951. The number of nitrogens with one attached hydrogen (secondary N) is 2. The summed E-state index contributed by atoms with van der Waals surface area (Å²) in [6.07, 6.45) is 0. The van der Waals surface area contributed by atoms with Crippen LogP contribution in [0.5, 0.6) is 0 Å². The van der Waals surface area contributed by atoms with Crippen LogP contribution in [0.3, 0.4) is 0 Å². The van der Waals surface area contributed by atoms with Gasteiger partial charge in [0.25, 0.3) is 15.9 Å². The first-order valence-electron chi connectivity index (χ1n) is 8.43. The van der Waals surface area contributed by atoms with Crippen molar-refractivity contribution in [3.8, 4) is 6.07 Å². The maximum atomic E-state index is 12.3. The average molecular weight is 391 g/mol. The van der Waals surface area contributed by atoms with Gasteiger partial charge in [0, 0.05) is 17.8 Å². The van der Waals surface area contributed by atoms with Gasteiger partial charge in [-0.15, -0.1) is 0 Å². The van der Waals surface area contributed by atoms with Crippen LogP contribution in [0, 0.1) is 11.3 Å². The van der Waals surface area contributed by atoms with Gasteiger partial charge in [0.05, 0.1) is 16.5 Å². The summed E-state index contributed by atoms with van der Waals surface area (Å²) in [6, 6.07) is 23.2. The minimum absolute atomic E-state index is 0.163. The van der Waals surface area contributed by atoms with E-state index in [0.29, 0.717) is 16.8 Å². The molecule has 2 N–H and O–H groups in total. The van der Waals surface area contributed by atoms with Gasteiger partial charge in [-0.05, 0) is 54.1 Å². The molecule has 0 aromatic heterocycles. The normalized spacial score (nSPS) is 10.7. The van der Waals surface area contributed by atoms with Gasteiger partial charge in [0.1, 0.15) is 0 Å². The Labute approximate surface area is 163 Å². The minimum Gasteiger partial charge on any atom is -0.348 e. The summed E-state index contributed by atoms with van der Waals surface area (Å²) in [6.45, 7) is 0.288. The molecule has 3 aromatic carbocycles. The third-order valence-electron chi connectivity index (χ3n) is 3.96. The number of carbonyl (C=O) groups excluding carboxylic acids is 1. The Morgan fingerprint density at radius 3 is 2.32 bits per heavy atom. The van der Waals surface area contributed by atoms with Crippen molar-refractivity contribution in [3.63, 3.8) is 0 Å². The number of hydrogen-bond donors (Lipinski definition) is 2. The van der Waals surface area contributed by atoms with Crippen LogP contribution in [0.15, 0.2) is 83.8 Å². The summed E-state index contributed by atoms with van der Waals surface area (Å²) in [5.41, 5.74) is 2.11. The highest BCUT2D eigenvalue weighted by Gasteiger charge is 2.14. The molecule has 0 unspecified atom stereocenters. The summed E-state index contributed by atoms with van der Waals surface area (Å²) in [4.78, 5) is 12.4. The van der Waals surface area contributed by atoms with Crippen molar-refractivity contribution in [1.29, 1.82) is 5.26 Å². The second kappa shape index (κ2) is 8.37. The maximum absolute atomic E-state index is 12.3. The molecule has 0 aliphatic rings. The average Bonchev–Trinajstić information content (AvgIpc) is 2.73. The van der Waals surface area contributed by atoms with Gasteiger partial charge < -0.3 is 5.32 Å². The fraction of sp³-hybridized carbons (Fsp3) is 0.0476. The molecule has 0 saturated heterocycles. The largest absolute Gasteiger partial charge is 0.348 e. The third-order valence-corrected chi connectivity index (χ3v) is 5.36. The predicted molar refractivity (Wildman–Crippen MR) is 106 cm³/mol. The Morgan fingerprint density at radius 2 is 1.64 bits per heavy atom. The number of benzene rings is 3. The maximum Gasteiger partial charge on any atom is 0.261 e. The van der Waals surface area contributed by atoms with Gasteiger partial charge in [0.15, 0.2) is 0 Å². The summed E-state index contributed by atoms with van der Waals surface area (Å²) in [5.74, 6) is -0.292. The monoisotopic (exact) mass is 391 g/mol. The van der Waals surface area contributed by atoms with E-state index in [2.05, 4.69) is 16.1 Å². The number of nitriles is 1. The Morgan fingerprint density at radius 1 is 0.929 bits per heavy atom. The molecule has 28 heavy (non-hydrogen) atoms. The van der Waals surface area contributed by atoms with Crippen molar-refractivity contribution < 1.29 is 13.2 Å². The number of anilines is 1. The molecule has 6 nitrogen and oxygen atoms in total. The van der Waals surface area contributed by atoms with Crippen LogP contribution in [0.1, 0.15) is 21.5 Å². The van der Waals surface area contributed by atoms with E-state index in [1.807, 2.05) is 6.07 Å². The van der Waals surface area contributed by atoms with Crippen molar-refractivity contribution in [3.05, 3.63) is 95.6 Å². The molecule has 1 amide bonds. The molecule has 0 radical (unpaired) electrons. The number of rotatable bonds is 6. The van der Waals surface area contributed by atoms with Crippen LogP contribution in [0.2, 0.25) is 0 Å². The molecule has 0 fully saturated rings. The van der Waals surface area contributed by atoms with Crippen molar-refractivity contribution in [2.24, 2.45) is 0 Å². The van der Waals surface area contributed by atoms with Gasteiger partial charge in [-0.3, -0.25) is 9.52 Å². The lowest BCUT2D eigenvalue weighted by atomic mass is 10.1. The molecule has 140 valence electrons. The second-order valence-corrected chi connectivity index (χ2v) is 7.67. The molecular weight excluding hydrogens is 374 g/mol. The summed E-state index contributed by atoms with van der Waals surface area (Å²) in [7, 11) is -3.68. The van der Waals surface area contributed by atoms with Gasteiger partial charge in [0.2, 0.25) is 0 Å². The van der Waals surface area contributed by atoms with E-state index in [-0.39, 0.29) is 17.3 Å². The van der Waals surface area contributed by atoms with E-state index in [4.69, 9.17) is 5.26 Å². The first-order chi connectivity index (χ1) is 13.5. The Bertz CT molecular complexity index is 1120. The quantitative estimate of drug-likeness (QED) is 0.673. The lowest BCUT2D eigenvalue weighted by Crippen LogP contribution is -2.22.